The molecule has 1 aromatic heterocycles. The molecule has 3 rings (SSSR count). The van der Waals surface area contributed by atoms with Crippen molar-refractivity contribution < 1.29 is 9.18 Å². The summed E-state index contributed by atoms with van der Waals surface area (Å²) in [6.07, 6.45) is 0. The largest absolute Gasteiger partial charge is 0.273 e. The van der Waals surface area contributed by atoms with Crippen molar-refractivity contribution in [1.82, 2.24) is 10.4 Å². The van der Waals surface area contributed by atoms with Crippen molar-refractivity contribution in [3.05, 3.63) is 58.9 Å². The van der Waals surface area contributed by atoms with E-state index < -0.39 is 11.7 Å². The number of aromatic nitrogens is 1. The first-order valence-corrected chi connectivity index (χ1v) is 7.20. The van der Waals surface area contributed by atoms with Crippen molar-refractivity contribution in [1.29, 1.82) is 0 Å². The van der Waals surface area contributed by atoms with Crippen LogP contribution < -0.4 is 10.9 Å². The van der Waals surface area contributed by atoms with Gasteiger partial charge in [0, 0.05) is 0 Å². The predicted molar refractivity (Wildman–Crippen MR) is 82.1 cm³/mol. The SMILES string of the molecule is O=C(NNc1nc2c(Cl)cccc2s1)c1ccccc1F. The first kappa shape index (κ1) is 13.8. The Bertz CT molecular complexity index is 821. The molecule has 0 spiro atoms. The van der Waals surface area contributed by atoms with E-state index in [0.717, 1.165) is 4.70 Å². The van der Waals surface area contributed by atoms with Crippen LogP contribution in [0.5, 0.6) is 0 Å². The minimum absolute atomic E-state index is 0.0378. The number of carbonyl (C=O) groups is 1. The monoisotopic (exact) mass is 321 g/mol. The summed E-state index contributed by atoms with van der Waals surface area (Å²) in [5.41, 5.74) is 5.70. The Labute approximate surface area is 128 Å². The number of thiazole rings is 1. The molecule has 0 saturated heterocycles. The average Bonchev–Trinajstić information content (AvgIpc) is 2.90. The van der Waals surface area contributed by atoms with Crippen LogP contribution in [0.25, 0.3) is 10.2 Å². The summed E-state index contributed by atoms with van der Waals surface area (Å²) in [6.45, 7) is 0. The van der Waals surface area contributed by atoms with Crippen molar-refractivity contribution >= 4 is 44.2 Å². The highest BCUT2D eigenvalue weighted by Gasteiger charge is 2.11. The molecular weight excluding hydrogens is 313 g/mol. The van der Waals surface area contributed by atoms with Gasteiger partial charge in [-0.15, -0.1) is 0 Å². The van der Waals surface area contributed by atoms with E-state index in [2.05, 4.69) is 15.8 Å². The van der Waals surface area contributed by atoms with E-state index in [0.29, 0.717) is 15.7 Å². The molecule has 106 valence electrons. The number of rotatable bonds is 3. The van der Waals surface area contributed by atoms with Gasteiger partial charge in [-0.05, 0) is 24.3 Å². The zero-order chi connectivity index (χ0) is 14.8. The summed E-state index contributed by atoms with van der Waals surface area (Å²) in [6, 6.07) is 11.2. The maximum atomic E-state index is 13.5. The number of hydrogen-bond acceptors (Lipinski definition) is 4. The van der Waals surface area contributed by atoms with Crippen LogP contribution in [0.3, 0.4) is 0 Å². The number of hydrogen-bond donors (Lipinski definition) is 2. The van der Waals surface area contributed by atoms with Crippen molar-refractivity contribution in [3.8, 4) is 0 Å². The molecule has 0 saturated carbocycles. The van der Waals surface area contributed by atoms with Crippen LogP contribution in [0.2, 0.25) is 5.02 Å². The van der Waals surface area contributed by atoms with Gasteiger partial charge in [0.15, 0.2) is 0 Å². The van der Waals surface area contributed by atoms with E-state index in [1.807, 2.05) is 12.1 Å². The van der Waals surface area contributed by atoms with Gasteiger partial charge in [-0.2, -0.15) is 0 Å². The second-order valence-corrected chi connectivity index (χ2v) is 5.60. The Balaban J connectivity index is 1.76. The number of nitrogens with one attached hydrogen (secondary N) is 2. The summed E-state index contributed by atoms with van der Waals surface area (Å²) in [5.74, 6) is -1.15. The van der Waals surface area contributed by atoms with E-state index in [1.165, 1.54) is 29.5 Å². The lowest BCUT2D eigenvalue weighted by Gasteiger charge is -2.05. The average molecular weight is 322 g/mol. The van der Waals surface area contributed by atoms with Crippen LogP contribution >= 0.6 is 22.9 Å². The number of halogens is 2. The summed E-state index contributed by atoms with van der Waals surface area (Å²) in [4.78, 5) is 16.1. The third-order valence-electron chi connectivity index (χ3n) is 2.77. The Morgan fingerprint density at radius 3 is 2.76 bits per heavy atom. The number of para-hydroxylation sites is 1. The number of benzene rings is 2. The molecule has 4 nitrogen and oxygen atoms in total. The quantitative estimate of drug-likeness (QED) is 0.720. The summed E-state index contributed by atoms with van der Waals surface area (Å²) < 4.78 is 14.4. The first-order valence-electron chi connectivity index (χ1n) is 6.01. The molecule has 1 amide bonds. The lowest BCUT2D eigenvalue weighted by Crippen LogP contribution is -2.29. The minimum atomic E-state index is -0.579. The molecule has 0 aliphatic rings. The standard InChI is InChI=1S/C14H9ClFN3OS/c15-9-5-3-7-11-12(9)17-14(21-11)19-18-13(20)8-4-1-2-6-10(8)16/h1-7H,(H,17,19)(H,18,20). The molecular formula is C14H9ClFN3OS. The zero-order valence-electron chi connectivity index (χ0n) is 10.6. The second kappa shape index (κ2) is 5.67. The molecule has 2 aromatic carbocycles. The van der Waals surface area contributed by atoms with Crippen molar-refractivity contribution in [2.75, 3.05) is 5.43 Å². The molecule has 0 bridgehead atoms. The van der Waals surface area contributed by atoms with Gasteiger partial charge in [0.1, 0.15) is 11.3 Å². The Hall–Kier alpha value is -2.18. The van der Waals surface area contributed by atoms with Gasteiger partial charge in [0.05, 0.1) is 15.3 Å². The van der Waals surface area contributed by atoms with Crippen LogP contribution in [0.1, 0.15) is 10.4 Å². The number of amides is 1. The van der Waals surface area contributed by atoms with Crippen LogP contribution in [0.15, 0.2) is 42.5 Å². The van der Waals surface area contributed by atoms with Gasteiger partial charge in [-0.25, -0.2) is 9.37 Å². The van der Waals surface area contributed by atoms with Gasteiger partial charge in [0.2, 0.25) is 5.13 Å². The molecule has 0 radical (unpaired) electrons. The molecule has 0 aliphatic carbocycles. The van der Waals surface area contributed by atoms with Crippen LogP contribution in [0, 0.1) is 5.82 Å². The predicted octanol–water partition coefficient (Wildman–Crippen LogP) is 3.85. The topological polar surface area (TPSA) is 54.0 Å². The number of hydrazine groups is 1. The number of carbonyl (C=O) groups excluding carboxylic acids is 1. The summed E-state index contributed by atoms with van der Waals surface area (Å²) in [7, 11) is 0. The van der Waals surface area contributed by atoms with E-state index >= 15 is 0 Å². The van der Waals surface area contributed by atoms with Crippen molar-refractivity contribution in [2.24, 2.45) is 0 Å². The summed E-state index contributed by atoms with van der Waals surface area (Å²) in [5, 5.41) is 1.01. The zero-order valence-corrected chi connectivity index (χ0v) is 12.1. The van der Waals surface area contributed by atoms with Gasteiger partial charge >= 0.3 is 0 Å². The lowest BCUT2D eigenvalue weighted by atomic mass is 10.2. The maximum absolute atomic E-state index is 13.5. The van der Waals surface area contributed by atoms with Gasteiger partial charge in [-0.3, -0.25) is 15.6 Å². The molecule has 0 fully saturated rings. The highest BCUT2D eigenvalue weighted by Crippen LogP contribution is 2.30. The molecule has 0 unspecified atom stereocenters. The van der Waals surface area contributed by atoms with E-state index in [1.54, 1.807) is 12.1 Å². The van der Waals surface area contributed by atoms with Gasteiger partial charge in [0.25, 0.3) is 5.91 Å². The van der Waals surface area contributed by atoms with E-state index in [4.69, 9.17) is 11.6 Å². The molecule has 21 heavy (non-hydrogen) atoms. The molecule has 1 heterocycles. The highest BCUT2D eigenvalue weighted by molar-refractivity contribution is 7.22. The van der Waals surface area contributed by atoms with Gasteiger partial charge in [-0.1, -0.05) is 41.1 Å². The number of anilines is 1. The molecule has 0 aliphatic heterocycles. The highest BCUT2D eigenvalue weighted by atomic mass is 35.5. The Morgan fingerprint density at radius 1 is 1.19 bits per heavy atom. The molecule has 0 atom stereocenters. The smallest absolute Gasteiger partial charge is 0.272 e. The van der Waals surface area contributed by atoms with Crippen LogP contribution in [-0.2, 0) is 0 Å². The van der Waals surface area contributed by atoms with Crippen LogP contribution in [0.4, 0.5) is 9.52 Å². The fourth-order valence-corrected chi connectivity index (χ4v) is 2.91. The fraction of sp³-hybridized carbons (Fsp3) is 0. The van der Waals surface area contributed by atoms with E-state index in [-0.39, 0.29) is 5.56 Å². The second-order valence-electron chi connectivity index (χ2n) is 4.16. The normalized spacial score (nSPS) is 10.6. The minimum Gasteiger partial charge on any atom is -0.273 e. The van der Waals surface area contributed by atoms with Crippen molar-refractivity contribution in [3.63, 3.8) is 0 Å². The number of fused-ring (bicyclic) bond motifs is 1. The third-order valence-corrected chi connectivity index (χ3v) is 4.01. The Kier molecular flexibility index (Phi) is 3.72. The van der Waals surface area contributed by atoms with E-state index in [9.17, 15) is 9.18 Å². The van der Waals surface area contributed by atoms with Crippen LogP contribution in [-0.4, -0.2) is 10.9 Å². The molecule has 2 N–H and O–H groups in total. The third kappa shape index (κ3) is 2.81. The lowest BCUT2D eigenvalue weighted by molar-refractivity contribution is 0.0958. The number of nitrogens with zero attached hydrogens (tertiary/aromatic N) is 1. The van der Waals surface area contributed by atoms with Crippen molar-refractivity contribution in [2.45, 2.75) is 0 Å². The molecule has 3 aromatic rings. The molecule has 7 heteroatoms. The fourth-order valence-electron chi connectivity index (χ4n) is 1.79. The first-order chi connectivity index (χ1) is 10.1. The Morgan fingerprint density at radius 2 is 2.00 bits per heavy atom. The summed E-state index contributed by atoms with van der Waals surface area (Å²) >= 11 is 7.37. The van der Waals surface area contributed by atoms with Gasteiger partial charge < -0.3 is 0 Å². The maximum Gasteiger partial charge on any atom is 0.272 e.